The molecule has 8 heteroatoms. The summed E-state index contributed by atoms with van der Waals surface area (Å²) in [5.74, 6) is 11.8. The van der Waals surface area contributed by atoms with Gasteiger partial charge < -0.3 is 29.0 Å². The first-order chi connectivity index (χ1) is 24.1. The van der Waals surface area contributed by atoms with Crippen LogP contribution in [0.25, 0.3) is 0 Å². The van der Waals surface area contributed by atoms with E-state index in [1.54, 1.807) is 0 Å². The molecule has 0 unspecified atom stereocenters. The predicted molar refractivity (Wildman–Crippen MR) is 200 cm³/mol. The standard InChI is InChI=1S/C41H73NO7/c1-4-7-10-13-14-19-26-35-46-39(44)28-21-16-15-17-22-31-42(33-34-43)32-23-18-20-27-36-47-40(45)29-30-41(48-37-24-11-8-5-2)49-38-25-12-9-6-3/h41,43H,4-10,13-23,26-38H2,1-3H3. The molecule has 0 amide bonds. The summed E-state index contributed by atoms with van der Waals surface area (Å²) in [7, 11) is 0. The molecule has 0 bridgehead atoms. The zero-order valence-electron chi connectivity index (χ0n) is 31.8. The van der Waals surface area contributed by atoms with Gasteiger partial charge in [-0.15, -0.1) is 11.8 Å². The Balaban J connectivity index is 3.91. The van der Waals surface area contributed by atoms with E-state index >= 15 is 0 Å². The molecule has 284 valence electrons. The second kappa shape index (κ2) is 38.7. The number of rotatable bonds is 34. The fourth-order valence-corrected chi connectivity index (χ4v) is 5.23. The Hall–Kier alpha value is -2.10. The van der Waals surface area contributed by atoms with Gasteiger partial charge in [0.1, 0.15) is 13.2 Å². The van der Waals surface area contributed by atoms with Crippen molar-refractivity contribution in [1.82, 2.24) is 4.90 Å². The first-order valence-corrected chi connectivity index (χ1v) is 19.9. The number of unbranched alkanes of at least 4 members (excludes halogenated alkanes) is 15. The molecule has 0 spiro atoms. The van der Waals surface area contributed by atoms with Crippen molar-refractivity contribution < 1.29 is 33.6 Å². The molecule has 0 aromatic carbocycles. The highest BCUT2D eigenvalue weighted by molar-refractivity contribution is 5.69. The molecule has 0 fully saturated rings. The van der Waals surface area contributed by atoms with E-state index in [0.29, 0.717) is 32.6 Å². The Morgan fingerprint density at radius 1 is 0.551 bits per heavy atom. The first-order valence-electron chi connectivity index (χ1n) is 19.9. The summed E-state index contributed by atoms with van der Waals surface area (Å²) < 4.78 is 22.3. The van der Waals surface area contributed by atoms with Gasteiger partial charge in [0.25, 0.3) is 0 Å². The quantitative estimate of drug-likeness (QED) is 0.0310. The smallest absolute Gasteiger partial charge is 0.305 e. The molecule has 0 radical (unpaired) electrons. The van der Waals surface area contributed by atoms with Crippen LogP contribution < -0.4 is 0 Å². The average Bonchev–Trinajstić information content (AvgIpc) is 3.10. The van der Waals surface area contributed by atoms with E-state index in [1.165, 1.54) is 32.1 Å². The van der Waals surface area contributed by atoms with Gasteiger partial charge >= 0.3 is 11.9 Å². The van der Waals surface area contributed by atoms with Gasteiger partial charge in [-0.05, 0) is 58.0 Å². The van der Waals surface area contributed by atoms with Crippen LogP contribution in [0.4, 0.5) is 0 Å². The third kappa shape index (κ3) is 35.5. The minimum absolute atomic E-state index is 0.0496. The molecule has 0 aromatic rings. The Bertz CT molecular complexity index is 845. The number of hydrogen-bond donors (Lipinski definition) is 1. The van der Waals surface area contributed by atoms with E-state index in [1.807, 2.05) is 0 Å². The van der Waals surface area contributed by atoms with Crippen LogP contribution in [0.1, 0.15) is 168 Å². The third-order valence-corrected chi connectivity index (χ3v) is 8.18. The molecular formula is C41H73NO7. The third-order valence-electron chi connectivity index (χ3n) is 8.18. The van der Waals surface area contributed by atoms with Crippen LogP contribution >= 0.6 is 0 Å². The fraction of sp³-hybridized carbons (Fsp3) is 0.854. The van der Waals surface area contributed by atoms with Crippen LogP contribution in [0.5, 0.6) is 0 Å². The number of aliphatic hydroxyl groups is 1. The highest BCUT2D eigenvalue weighted by atomic mass is 16.7. The van der Waals surface area contributed by atoms with Crippen molar-refractivity contribution in [3.8, 4) is 23.7 Å². The van der Waals surface area contributed by atoms with Crippen LogP contribution in [-0.2, 0) is 28.5 Å². The normalized spacial score (nSPS) is 10.9. The molecule has 8 nitrogen and oxygen atoms in total. The van der Waals surface area contributed by atoms with Crippen molar-refractivity contribution in [2.24, 2.45) is 0 Å². The highest BCUT2D eigenvalue weighted by Crippen LogP contribution is 2.11. The Kier molecular flexibility index (Phi) is 37.0. The molecule has 0 atom stereocenters. The van der Waals surface area contributed by atoms with Crippen molar-refractivity contribution in [3.63, 3.8) is 0 Å². The number of carbonyl (C=O) groups excluding carboxylic acids is 2. The Morgan fingerprint density at radius 3 is 1.53 bits per heavy atom. The van der Waals surface area contributed by atoms with Crippen LogP contribution in [0.15, 0.2) is 0 Å². The van der Waals surface area contributed by atoms with Gasteiger partial charge in [0.05, 0.1) is 26.2 Å². The van der Waals surface area contributed by atoms with Crippen molar-refractivity contribution >= 4 is 11.9 Å². The minimum Gasteiger partial charge on any atom is -0.466 e. The number of nitrogens with zero attached hydrogens (tertiary/aromatic N) is 1. The molecule has 0 aliphatic heterocycles. The summed E-state index contributed by atoms with van der Waals surface area (Å²) >= 11 is 0. The van der Waals surface area contributed by atoms with Crippen LogP contribution in [0, 0.1) is 23.7 Å². The lowest BCUT2D eigenvalue weighted by molar-refractivity contribution is -0.152. The summed E-state index contributed by atoms with van der Waals surface area (Å²) in [6, 6.07) is 0. The topological polar surface area (TPSA) is 94.5 Å². The van der Waals surface area contributed by atoms with Crippen molar-refractivity contribution in [3.05, 3.63) is 0 Å². The Labute approximate surface area is 301 Å². The lowest BCUT2D eigenvalue weighted by Gasteiger charge is -2.21. The van der Waals surface area contributed by atoms with E-state index in [0.717, 1.165) is 109 Å². The van der Waals surface area contributed by atoms with Crippen molar-refractivity contribution in [2.45, 2.75) is 175 Å². The van der Waals surface area contributed by atoms with Gasteiger partial charge in [-0.3, -0.25) is 9.59 Å². The van der Waals surface area contributed by atoms with E-state index in [2.05, 4.69) is 49.4 Å². The molecule has 49 heavy (non-hydrogen) atoms. The molecular weight excluding hydrogens is 618 g/mol. The molecule has 0 saturated heterocycles. The summed E-state index contributed by atoms with van der Waals surface area (Å²) in [6.07, 6.45) is 22.2. The summed E-state index contributed by atoms with van der Waals surface area (Å²) in [4.78, 5) is 26.6. The number of carbonyl (C=O) groups is 2. The molecule has 0 heterocycles. The largest absolute Gasteiger partial charge is 0.466 e. The second-order valence-corrected chi connectivity index (χ2v) is 12.9. The average molecular weight is 692 g/mol. The summed E-state index contributed by atoms with van der Waals surface area (Å²) in [5, 5.41) is 9.49. The molecule has 1 N–H and O–H groups in total. The maximum Gasteiger partial charge on any atom is 0.305 e. The van der Waals surface area contributed by atoms with Gasteiger partial charge in [-0.1, -0.05) is 103 Å². The van der Waals surface area contributed by atoms with E-state index in [4.69, 9.17) is 18.9 Å². The van der Waals surface area contributed by atoms with E-state index < -0.39 is 6.29 Å². The van der Waals surface area contributed by atoms with Gasteiger partial charge in [0.15, 0.2) is 6.29 Å². The first kappa shape index (κ1) is 46.9. The lowest BCUT2D eigenvalue weighted by atomic mass is 10.1. The van der Waals surface area contributed by atoms with Gasteiger partial charge in [0, 0.05) is 32.2 Å². The summed E-state index contributed by atoms with van der Waals surface area (Å²) in [6.45, 7) is 10.8. The Morgan fingerprint density at radius 2 is 1.02 bits per heavy atom. The van der Waals surface area contributed by atoms with Gasteiger partial charge in [0.2, 0.25) is 0 Å². The van der Waals surface area contributed by atoms with Crippen molar-refractivity contribution in [1.29, 1.82) is 0 Å². The molecule has 0 aromatic heterocycles. The van der Waals surface area contributed by atoms with E-state index in [9.17, 15) is 14.7 Å². The monoisotopic (exact) mass is 692 g/mol. The highest BCUT2D eigenvalue weighted by Gasteiger charge is 2.13. The summed E-state index contributed by atoms with van der Waals surface area (Å²) in [5.41, 5.74) is 0. The maximum absolute atomic E-state index is 12.3. The van der Waals surface area contributed by atoms with Crippen LogP contribution in [-0.4, -0.2) is 80.9 Å². The zero-order valence-corrected chi connectivity index (χ0v) is 31.8. The fourth-order valence-electron chi connectivity index (χ4n) is 5.23. The molecule has 0 saturated carbocycles. The number of ether oxygens (including phenoxy) is 4. The van der Waals surface area contributed by atoms with E-state index in [-0.39, 0.29) is 38.2 Å². The molecule has 0 aliphatic rings. The van der Waals surface area contributed by atoms with Crippen LogP contribution in [0.3, 0.4) is 0 Å². The predicted octanol–water partition coefficient (Wildman–Crippen LogP) is 8.77. The van der Waals surface area contributed by atoms with Gasteiger partial charge in [-0.25, -0.2) is 0 Å². The van der Waals surface area contributed by atoms with Gasteiger partial charge in [-0.2, -0.15) is 0 Å². The number of hydrogen-bond acceptors (Lipinski definition) is 8. The zero-order chi connectivity index (χ0) is 35.9. The lowest BCUT2D eigenvalue weighted by Crippen LogP contribution is -2.29. The second-order valence-electron chi connectivity index (χ2n) is 12.9. The van der Waals surface area contributed by atoms with Crippen molar-refractivity contribution in [2.75, 3.05) is 52.7 Å². The minimum atomic E-state index is -0.527. The molecule has 0 rings (SSSR count). The molecule has 0 aliphatic carbocycles. The maximum atomic E-state index is 12.3. The number of aliphatic hydroxyl groups excluding tert-OH is 1. The van der Waals surface area contributed by atoms with Crippen LogP contribution in [0.2, 0.25) is 0 Å². The number of esters is 2. The SMILES string of the molecule is CCCC#CCOC(CCC(=O)OCCCCCCN(CCO)CCCCCCCC(=O)OCCCCCCCCC)OCC#CCCC.